The minimum atomic E-state index is 0. The lowest BCUT2D eigenvalue weighted by atomic mass is 10.1. The van der Waals surface area contributed by atoms with Crippen molar-refractivity contribution in [2.75, 3.05) is 0 Å². The Hall–Kier alpha value is -7.28. The van der Waals surface area contributed by atoms with Crippen LogP contribution in [0.2, 0.25) is 0 Å². The van der Waals surface area contributed by atoms with Gasteiger partial charge < -0.3 is 0 Å². The number of benzene rings is 8. The second kappa shape index (κ2) is 171. The van der Waals surface area contributed by atoms with Crippen LogP contribution in [0.3, 0.4) is 0 Å². The summed E-state index contributed by atoms with van der Waals surface area (Å²) >= 11 is 0. The third kappa shape index (κ3) is 145. The molecule has 0 bridgehead atoms. The van der Waals surface area contributed by atoms with Crippen LogP contribution in [0.15, 0.2) is 279 Å². The van der Waals surface area contributed by atoms with Gasteiger partial charge in [0.15, 0.2) is 0 Å². The molecule has 0 heteroatoms. The summed E-state index contributed by atoms with van der Waals surface area (Å²) in [7, 11) is 0. The van der Waals surface area contributed by atoms with E-state index in [0.717, 1.165) is 44.9 Å². The van der Waals surface area contributed by atoms with Crippen molar-refractivity contribution >= 4 is 16.8 Å². The van der Waals surface area contributed by atoms with E-state index in [1.807, 2.05) is 171 Å². The highest BCUT2D eigenvalue weighted by Gasteiger charge is 2.01. The molecule has 0 radical (unpaired) electrons. The van der Waals surface area contributed by atoms with Gasteiger partial charge in [0, 0.05) is 0 Å². The topological polar surface area (TPSA) is 0 Å². The fraction of sp³-hybridized carbons (Fsp3) is 0.537. The van der Waals surface area contributed by atoms with Crippen LogP contribution in [-0.4, -0.2) is 0 Å². The summed E-state index contributed by atoms with van der Waals surface area (Å²) in [4.78, 5) is 0. The van der Waals surface area contributed by atoms with Crippen LogP contribution in [-0.2, 0) is 32.1 Å². The zero-order valence-electron chi connectivity index (χ0n) is 87.6. The molecular weight excluding hydrogens is 1450 g/mol. The second-order valence-electron chi connectivity index (χ2n) is 24.0. The Labute approximate surface area is 769 Å². The van der Waals surface area contributed by atoms with E-state index in [9.17, 15) is 0 Å². The molecule has 0 nitrogen and oxygen atoms in total. The molecule has 2 saturated carbocycles. The molecule has 0 atom stereocenters. The molecule has 0 unspecified atom stereocenters. The summed E-state index contributed by atoms with van der Waals surface area (Å²) in [5.74, 6) is 0. The Kier molecular flexibility index (Phi) is 218. The van der Waals surface area contributed by atoms with E-state index < -0.39 is 0 Å². The fourth-order valence-electron chi connectivity index (χ4n) is 8.45. The fourth-order valence-corrected chi connectivity index (χ4v) is 8.45. The van der Waals surface area contributed by atoms with Crippen LogP contribution in [0.5, 0.6) is 0 Å². The summed E-state index contributed by atoms with van der Waals surface area (Å²) in [6, 6.07) is 77.6. The van der Waals surface area contributed by atoms with Crippen LogP contribution >= 0.6 is 0 Å². The normalized spacial score (nSPS) is 9.74. The van der Waals surface area contributed by atoms with Gasteiger partial charge >= 0.3 is 0 Å². The van der Waals surface area contributed by atoms with Gasteiger partial charge in [-0.25, -0.2) is 0 Å². The lowest BCUT2D eigenvalue weighted by molar-refractivity contribution is 0.886. The van der Waals surface area contributed by atoms with Crippen LogP contribution in [0.4, 0.5) is 0 Å². The molecule has 0 spiro atoms. The first-order valence-electron chi connectivity index (χ1n) is 49.6. The van der Waals surface area contributed by atoms with Gasteiger partial charge in [-0.05, 0) is 94.7 Å². The van der Waals surface area contributed by atoms with E-state index in [0.29, 0.717) is 0 Å². The van der Waals surface area contributed by atoms with Crippen LogP contribution in [0.1, 0.15) is 446 Å². The maximum atomic E-state index is 2.20. The Balaban J connectivity index is -0.0000000634. The minimum Gasteiger partial charge on any atom is -0.0808 e. The van der Waals surface area contributed by atoms with E-state index in [1.54, 1.807) is 0 Å². The highest BCUT2D eigenvalue weighted by Crippen LogP contribution is 2.18. The van der Waals surface area contributed by atoms with Gasteiger partial charge in [-0.2, -0.15) is 0 Å². The molecule has 2 fully saturated rings. The SMILES string of the molecule is C.C.C1=CCC=C1.C1=CCC=C1.C1=Cc2ccccc2C1.C1CCCC1.C1CCCC1.CC.CC.CC.CC.CC.CC.CC.CC.CC.CC.CC.CCC.CCC.CCC.CCC.CCC.CCC.CCC.CCc1ccccc1.CCc1ccccc1.CCc1ccccc1.c1ccc(Cc2ccccc2)cc1.c1ccc2ccccc2c1. The van der Waals surface area contributed by atoms with Crippen LogP contribution < -0.4 is 0 Å². The molecule has 704 valence electrons. The van der Waals surface area contributed by atoms with E-state index in [2.05, 4.69) is 385 Å². The van der Waals surface area contributed by atoms with E-state index in [4.69, 9.17) is 0 Å². The first-order chi connectivity index (χ1) is 58.6. The molecule has 13 rings (SSSR count). The van der Waals surface area contributed by atoms with Crippen molar-refractivity contribution in [3.63, 3.8) is 0 Å². The quantitative estimate of drug-likeness (QED) is 0.161. The van der Waals surface area contributed by atoms with Gasteiger partial charge in [0.2, 0.25) is 0 Å². The smallest absolute Gasteiger partial charge is 0.00258 e. The Morgan fingerprint density at radius 3 is 0.512 bits per heavy atom. The third-order valence-corrected chi connectivity index (χ3v) is 13.0. The number of fused-ring (bicyclic) bond motifs is 2. The van der Waals surface area contributed by atoms with Crippen molar-refractivity contribution in [2.45, 2.75) is 439 Å². The van der Waals surface area contributed by atoms with Gasteiger partial charge in [0.25, 0.3) is 0 Å². The number of aryl methyl sites for hydroxylation is 3. The minimum absolute atomic E-state index is 0. The van der Waals surface area contributed by atoms with Crippen LogP contribution in [0, 0.1) is 0 Å². The predicted molar refractivity (Wildman–Crippen MR) is 588 cm³/mol. The number of rotatable bonds is 5. The Bertz CT molecular complexity index is 2560. The molecule has 121 heavy (non-hydrogen) atoms. The van der Waals surface area contributed by atoms with Crippen LogP contribution in [0.25, 0.3) is 16.8 Å². The molecule has 0 aliphatic heterocycles. The van der Waals surface area contributed by atoms with Gasteiger partial charge in [-0.15, -0.1) is 0 Å². The number of allylic oxidation sites excluding steroid dienone is 9. The molecular formula is C121H220. The Morgan fingerprint density at radius 2 is 0.355 bits per heavy atom. The summed E-state index contributed by atoms with van der Waals surface area (Å²) < 4.78 is 0. The molecule has 0 amide bonds. The molecule has 5 aliphatic carbocycles. The van der Waals surface area contributed by atoms with Crippen molar-refractivity contribution in [1.82, 2.24) is 0 Å². The summed E-state index contributed by atoms with van der Waals surface area (Å²) in [5.41, 5.74) is 9.81. The standard InChI is InChI=1S/C13H12.C10H8.C9H8.3C8H10.2C5H10.2C5H6.7C3H8.11C2H6.2CH4/c1-3-7-12(8-4-1)11-13-9-5-2-6-10-13;1-2-6-10-8-4-3-7-9(10)5-1;1-2-5-9-7-3-6-8(9)4-1;3*1-2-8-6-4-3-5-7-8;4*1-2-4-5-3-1;7*1-3-2;11*1-2;;/h1-10H,11H2;1-8H;1-6H,7H2;3*3-7H,2H2,1H3;2*1-5H2;2*1-4H,5H2;7*3H2,1-2H3;11*1-2H3;2*1H4. The van der Waals surface area contributed by atoms with Crippen molar-refractivity contribution in [3.05, 3.63) is 318 Å². The lowest BCUT2D eigenvalue weighted by Crippen LogP contribution is -1.85. The molecule has 0 saturated heterocycles. The molecule has 0 aromatic heterocycles. The summed E-state index contributed by atoms with van der Waals surface area (Å²) in [6.45, 7) is 80.2. The van der Waals surface area contributed by atoms with Gasteiger partial charge in [0.05, 0.1) is 0 Å². The first-order valence-corrected chi connectivity index (χ1v) is 49.6. The zero-order chi connectivity index (χ0) is 94.4. The van der Waals surface area contributed by atoms with Crippen molar-refractivity contribution in [3.8, 4) is 0 Å². The van der Waals surface area contributed by atoms with Crippen molar-refractivity contribution in [1.29, 1.82) is 0 Å². The maximum Gasteiger partial charge on any atom is -0.00258 e. The number of hydrogen-bond acceptors (Lipinski definition) is 0. The highest BCUT2D eigenvalue weighted by atomic mass is 14.1. The number of hydrogen-bond donors (Lipinski definition) is 0. The monoisotopic (exact) mass is 1670 g/mol. The van der Waals surface area contributed by atoms with E-state index in [1.165, 1.54) is 159 Å². The molecule has 8 aromatic carbocycles. The Morgan fingerprint density at radius 1 is 0.190 bits per heavy atom. The third-order valence-electron chi connectivity index (χ3n) is 13.0. The average molecular weight is 1680 g/mol. The summed E-state index contributed by atoms with van der Waals surface area (Å²) in [6.07, 6.45) is 52.7. The van der Waals surface area contributed by atoms with Gasteiger partial charge in [-0.3, -0.25) is 0 Å². The van der Waals surface area contributed by atoms with Crippen molar-refractivity contribution in [2.24, 2.45) is 0 Å². The molecule has 8 aromatic rings. The second-order valence-corrected chi connectivity index (χ2v) is 24.0. The highest BCUT2D eigenvalue weighted by molar-refractivity contribution is 5.82. The van der Waals surface area contributed by atoms with E-state index in [-0.39, 0.29) is 14.9 Å². The van der Waals surface area contributed by atoms with Gasteiger partial charge in [-0.1, -0.05) is 679 Å². The predicted octanol–water partition coefficient (Wildman–Crippen LogP) is 44.5. The average Bonchev–Trinajstić information content (AvgIpc) is 1.84. The summed E-state index contributed by atoms with van der Waals surface area (Å²) in [5, 5.41) is 2.62. The molecule has 0 N–H and O–H groups in total. The zero-order valence-corrected chi connectivity index (χ0v) is 87.6. The van der Waals surface area contributed by atoms with Crippen molar-refractivity contribution < 1.29 is 0 Å². The molecule has 0 heterocycles. The maximum absolute atomic E-state index is 2.20. The molecule has 5 aliphatic rings. The lowest BCUT2D eigenvalue weighted by Gasteiger charge is -2.00. The first kappa shape index (κ1) is 154. The largest absolute Gasteiger partial charge is 0.0808 e. The van der Waals surface area contributed by atoms with Gasteiger partial charge in [0.1, 0.15) is 0 Å². The van der Waals surface area contributed by atoms with E-state index >= 15 is 0 Å².